The third kappa shape index (κ3) is 5.34. The van der Waals surface area contributed by atoms with E-state index in [0.29, 0.717) is 29.4 Å². The smallest absolute Gasteiger partial charge is 0.254 e. The first-order valence-electron chi connectivity index (χ1n) is 8.20. The molecule has 1 aromatic heterocycles. The first-order valence-corrected chi connectivity index (χ1v) is 8.20. The van der Waals surface area contributed by atoms with Crippen LogP contribution in [-0.2, 0) is 4.79 Å². The number of carbonyl (C=O) groups is 2. The molecule has 0 unspecified atom stereocenters. The standard InChI is InChI=1S/C18H23N3O4/c1-4-5-9-21(12-17(22)19-16-10-13(2)25-20-16)18(23)14-7-6-8-15(11-14)24-3/h6-8,10-11H,4-5,9,12H2,1-3H3,(H,19,20,22). The Balaban J connectivity index is 2.08. The molecule has 0 aliphatic rings. The highest BCUT2D eigenvalue weighted by Gasteiger charge is 2.19. The highest BCUT2D eigenvalue weighted by atomic mass is 16.5. The second-order valence-corrected chi connectivity index (χ2v) is 5.68. The van der Waals surface area contributed by atoms with Gasteiger partial charge in [-0.05, 0) is 31.5 Å². The van der Waals surface area contributed by atoms with E-state index >= 15 is 0 Å². The predicted molar refractivity (Wildman–Crippen MR) is 93.7 cm³/mol. The maximum atomic E-state index is 12.8. The Bertz CT molecular complexity index is 727. The van der Waals surface area contributed by atoms with Gasteiger partial charge in [0.05, 0.1) is 7.11 Å². The van der Waals surface area contributed by atoms with Gasteiger partial charge in [0.15, 0.2) is 5.82 Å². The van der Waals surface area contributed by atoms with E-state index in [1.54, 1.807) is 44.4 Å². The lowest BCUT2D eigenvalue weighted by Gasteiger charge is -2.22. The predicted octanol–water partition coefficient (Wildman–Crippen LogP) is 2.87. The van der Waals surface area contributed by atoms with Crippen molar-refractivity contribution in [2.75, 3.05) is 25.5 Å². The Kier molecular flexibility index (Phi) is 6.56. The van der Waals surface area contributed by atoms with Crippen LogP contribution in [0.5, 0.6) is 5.75 Å². The topological polar surface area (TPSA) is 84.7 Å². The van der Waals surface area contributed by atoms with Crippen molar-refractivity contribution in [3.8, 4) is 5.75 Å². The Morgan fingerprint density at radius 2 is 2.12 bits per heavy atom. The lowest BCUT2D eigenvalue weighted by atomic mass is 10.1. The molecule has 0 saturated heterocycles. The maximum absolute atomic E-state index is 12.8. The average molecular weight is 345 g/mol. The average Bonchev–Trinajstić information content (AvgIpc) is 3.02. The third-order valence-electron chi connectivity index (χ3n) is 3.62. The van der Waals surface area contributed by atoms with E-state index in [4.69, 9.17) is 9.26 Å². The molecule has 0 bridgehead atoms. The normalized spacial score (nSPS) is 10.4. The van der Waals surface area contributed by atoms with Crippen LogP contribution < -0.4 is 10.1 Å². The molecule has 1 aromatic carbocycles. The van der Waals surface area contributed by atoms with Gasteiger partial charge in [-0.3, -0.25) is 9.59 Å². The van der Waals surface area contributed by atoms with Crippen molar-refractivity contribution in [3.05, 3.63) is 41.7 Å². The fourth-order valence-corrected chi connectivity index (χ4v) is 2.32. The van der Waals surface area contributed by atoms with Crippen molar-refractivity contribution < 1.29 is 18.8 Å². The van der Waals surface area contributed by atoms with E-state index in [1.807, 2.05) is 6.92 Å². The summed E-state index contributed by atoms with van der Waals surface area (Å²) in [5, 5.41) is 6.36. The molecule has 1 N–H and O–H groups in total. The van der Waals surface area contributed by atoms with Crippen LogP contribution in [0.2, 0.25) is 0 Å². The number of rotatable bonds is 8. The largest absolute Gasteiger partial charge is 0.497 e. The lowest BCUT2D eigenvalue weighted by molar-refractivity contribution is -0.117. The Morgan fingerprint density at radius 1 is 1.32 bits per heavy atom. The van der Waals surface area contributed by atoms with Gasteiger partial charge in [-0.1, -0.05) is 24.6 Å². The number of ether oxygens (including phenoxy) is 1. The fraction of sp³-hybridized carbons (Fsp3) is 0.389. The van der Waals surface area contributed by atoms with Crippen molar-refractivity contribution >= 4 is 17.6 Å². The fourth-order valence-electron chi connectivity index (χ4n) is 2.32. The molecule has 0 atom stereocenters. The Hall–Kier alpha value is -2.83. The number of benzene rings is 1. The molecule has 7 nitrogen and oxygen atoms in total. The number of nitrogens with one attached hydrogen (secondary N) is 1. The summed E-state index contributed by atoms with van der Waals surface area (Å²) >= 11 is 0. The van der Waals surface area contributed by atoms with Crippen molar-refractivity contribution in [1.82, 2.24) is 10.1 Å². The van der Waals surface area contributed by atoms with Gasteiger partial charge in [0.1, 0.15) is 18.1 Å². The van der Waals surface area contributed by atoms with Gasteiger partial charge < -0.3 is 19.5 Å². The molecule has 0 spiro atoms. The molecular formula is C18H23N3O4. The quantitative estimate of drug-likeness (QED) is 0.795. The van der Waals surface area contributed by atoms with E-state index in [1.165, 1.54) is 4.90 Å². The molecule has 134 valence electrons. The summed E-state index contributed by atoms with van der Waals surface area (Å²) in [6.07, 6.45) is 1.73. The summed E-state index contributed by atoms with van der Waals surface area (Å²) in [4.78, 5) is 26.5. The van der Waals surface area contributed by atoms with E-state index in [2.05, 4.69) is 10.5 Å². The third-order valence-corrected chi connectivity index (χ3v) is 3.62. The number of nitrogens with zero attached hydrogens (tertiary/aromatic N) is 2. The summed E-state index contributed by atoms with van der Waals surface area (Å²) in [5.41, 5.74) is 0.487. The van der Waals surface area contributed by atoms with Crippen LogP contribution in [-0.4, -0.2) is 42.1 Å². The molecule has 0 saturated carbocycles. The van der Waals surface area contributed by atoms with Crippen molar-refractivity contribution in [1.29, 1.82) is 0 Å². The summed E-state index contributed by atoms with van der Waals surface area (Å²) in [7, 11) is 1.55. The van der Waals surface area contributed by atoms with Crippen LogP contribution in [0.15, 0.2) is 34.9 Å². The number of aromatic nitrogens is 1. The van der Waals surface area contributed by atoms with E-state index in [0.717, 1.165) is 12.8 Å². The number of anilines is 1. The molecular weight excluding hydrogens is 322 g/mol. The molecule has 0 aliphatic carbocycles. The van der Waals surface area contributed by atoms with E-state index in [9.17, 15) is 9.59 Å². The van der Waals surface area contributed by atoms with E-state index < -0.39 is 0 Å². The first kappa shape index (κ1) is 18.5. The zero-order valence-corrected chi connectivity index (χ0v) is 14.7. The number of aryl methyl sites for hydroxylation is 1. The summed E-state index contributed by atoms with van der Waals surface area (Å²) in [5.74, 6) is 1.01. The monoisotopic (exact) mass is 345 g/mol. The van der Waals surface area contributed by atoms with Gasteiger partial charge >= 0.3 is 0 Å². The van der Waals surface area contributed by atoms with Gasteiger partial charge in [-0.2, -0.15) is 0 Å². The van der Waals surface area contributed by atoms with Crippen LogP contribution in [0.3, 0.4) is 0 Å². The second kappa shape index (κ2) is 8.86. The summed E-state index contributed by atoms with van der Waals surface area (Å²) < 4.78 is 10.1. The highest BCUT2D eigenvalue weighted by Crippen LogP contribution is 2.15. The molecule has 1 heterocycles. The SMILES string of the molecule is CCCCN(CC(=O)Nc1cc(C)on1)C(=O)c1cccc(OC)c1. The molecule has 25 heavy (non-hydrogen) atoms. The minimum absolute atomic E-state index is 0.0536. The first-order chi connectivity index (χ1) is 12.0. The van der Waals surface area contributed by atoms with Crippen LogP contribution in [0.1, 0.15) is 35.9 Å². The number of amides is 2. The zero-order valence-electron chi connectivity index (χ0n) is 14.7. The van der Waals surface area contributed by atoms with Crippen LogP contribution in [0.4, 0.5) is 5.82 Å². The Labute approximate surface area is 146 Å². The molecule has 0 aliphatic heterocycles. The van der Waals surface area contributed by atoms with Crippen LogP contribution in [0, 0.1) is 6.92 Å². The molecule has 2 aromatic rings. The maximum Gasteiger partial charge on any atom is 0.254 e. The highest BCUT2D eigenvalue weighted by molar-refractivity contribution is 5.99. The molecule has 0 fully saturated rings. The molecule has 2 amide bonds. The van der Waals surface area contributed by atoms with Crippen molar-refractivity contribution in [2.45, 2.75) is 26.7 Å². The lowest BCUT2D eigenvalue weighted by Crippen LogP contribution is -2.38. The molecule has 2 rings (SSSR count). The summed E-state index contributed by atoms with van der Waals surface area (Å²) in [6.45, 7) is 4.22. The Morgan fingerprint density at radius 3 is 2.76 bits per heavy atom. The van der Waals surface area contributed by atoms with E-state index in [-0.39, 0.29) is 18.4 Å². The molecule has 7 heteroatoms. The minimum Gasteiger partial charge on any atom is -0.497 e. The van der Waals surface area contributed by atoms with Gasteiger partial charge in [-0.15, -0.1) is 0 Å². The number of carbonyl (C=O) groups excluding carboxylic acids is 2. The summed E-state index contributed by atoms with van der Waals surface area (Å²) in [6, 6.07) is 8.52. The van der Waals surface area contributed by atoms with Gasteiger partial charge in [0.2, 0.25) is 5.91 Å². The number of unbranched alkanes of at least 4 members (excludes halogenated alkanes) is 1. The van der Waals surface area contributed by atoms with Gasteiger partial charge in [0.25, 0.3) is 5.91 Å². The minimum atomic E-state index is -0.319. The van der Waals surface area contributed by atoms with Crippen LogP contribution >= 0.6 is 0 Å². The van der Waals surface area contributed by atoms with Crippen molar-refractivity contribution in [2.24, 2.45) is 0 Å². The zero-order chi connectivity index (χ0) is 18.2. The number of hydrogen-bond acceptors (Lipinski definition) is 5. The second-order valence-electron chi connectivity index (χ2n) is 5.68. The number of hydrogen-bond donors (Lipinski definition) is 1. The van der Waals surface area contributed by atoms with Gasteiger partial charge in [-0.25, -0.2) is 0 Å². The van der Waals surface area contributed by atoms with Gasteiger partial charge in [0, 0.05) is 18.2 Å². The molecule has 0 radical (unpaired) electrons. The number of methoxy groups -OCH3 is 1. The van der Waals surface area contributed by atoms with Crippen LogP contribution in [0.25, 0.3) is 0 Å². The van der Waals surface area contributed by atoms with Crippen molar-refractivity contribution in [3.63, 3.8) is 0 Å².